The molecule has 1 aromatic rings. The molecule has 2 atom stereocenters. The number of carbonyl (C=O) groups is 1. The van der Waals surface area contributed by atoms with Gasteiger partial charge in [0, 0.05) is 7.11 Å². The van der Waals surface area contributed by atoms with Gasteiger partial charge in [-0.05, 0) is 11.5 Å². The van der Waals surface area contributed by atoms with Crippen molar-refractivity contribution in [1.82, 2.24) is 5.32 Å². The average molecular weight is 246 g/mol. The van der Waals surface area contributed by atoms with Crippen molar-refractivity contribution < 1.29 is 9.53 Å². The standard InChI is InChI=1S/C14H18N2O2/c1-10(2)12(9-15)16-14(17)13(18-3)11-7-5-4-6-8-11/h4-8,10,12-13H,1-3H3,(H,16,17). The van der Waals surface area contributed by atoms with Crippen LogP contribution in [0.15, 0.2) is 30.3 Å². The highest BCUT2D eigenvalue weighted by atomic mass is 16.5. The maximum Gasteiger partial charge on any atom is 0.254 e. The Balaban J connectivity index is 2.79. The van der Waals surface area contributed by atoms with Gasteiger partial charge >= 0.3 is 0 Å². The van der Waals surface area contributed by atoms with Gasteiger partial charge in [0.05, 0.1) is 6.07 Å². The third-order valence-electron chi connectivity index (χ3n) is 2.68. The lowest BCUT2D eigenvalue weighted by molar-refractivity contribution is -0.132. The maximum absolute atomic E-state index is 12.1. The smallest absolute Gasteiger partial charge is 0.254 e. The van der Waals surface area contributed by atoms with Crippen molar-refractivity contribution in [3.8, 4) is 6.07 Å². The number of benzene rings is 1. The minimum absolute atomic E-state index is 0.0622. The second-order valence-electron chi connectivity index (χ2n) is 4.39. The Morgan fingerprint density at radius 1 is 1.33 bits per heavy atom. The molecule has 0 fully saturated rings. The topological polar surface area (TPSA) is 62.1 Å². The van der Waals surface area contributed by atoms with E-state index >= 15 is 0 Å². The molecule has 0 bridgehead atoms. The zero-order valence-electron chi connectivity index (χ0n) is 10.9. The van der Waals surface area contributed by atoms with Crippen LogP contribution in [-0.4, -0.2) is 19.1 Å². The highest BCUT2D eigenvalue weighted by Crippen LogP contribution is 2.16. The fraction of sp³-hybridized carbons (Fsp3) is 0.429. The lowest BCUT2D eigenvalue weighted by atomic mass is 10.0. The van der Waals surface area contributed by atoms with Crippen LogP contribution in [0, 0.1) is 17.2 Å². The van der Waals surface area contributed by atoms with Crippen LogP contribution in [-0.2, 0) is 9.53 Å². The van der Waals surface area contributed by atoms with Gasteiger partial charge in [0.2, 0.25) is 0 Å². The molecule has 1 N–H and O–H groups in total. The number of ether oxygens (including phenoxy) is 1. The number of amides is 1. The first kappa shape index (κ1) is 14.2. The molecule has 96 valence electrons. The summed E-state index contributed by atoms with van der Waals surface area (Å²) in [5.74, 6) is -0.226. The van der Waals surface area contributed by atoms with Crippen molar-refractivity contribution >= 4 is 5.91 Å². The van der Waals surface area contributed by atoms with E-state index in [1.165, 1.54) is 7.11 Å². The summed E-state index contributed by atoms with van der Waals surface area (Å²) in [5, 5.41) is 11.7. The minimum Gasteiger partial charge on any atom is -0.367 e. The van der Waals surface area contributed by atoms with Crippen LogP contribution in [0.25, 0.3) is 0 Å². The lowest BCUT2D eigenvalue weighted by Crippen LogP contribution is -2.40. The van der Waals surface area contributed by atoms with Crippen molar-refractivity contribution in [3.63, 3.8) is 0 Å². The van der Waals surface area contributed by atoms with E-state index in [4.69, 9.17) is 10.00 Å². The predicted molar refractivity (Wildman–Crippen MR) is 68.6 cm³/mol. The van der Waals surface area contributed by atoms with E-state index in [0.29, 0.717) is 0 Å². The molecule has 0 saturated heterocycles. The van der Waals surface area contributed by atoms with Gasteiger partial charge in [-0.15, -0.1) is 0 Å². The van der Waals surface area contributed by atoms with E-state index in [-0.39, 0.29) is 11.8 Å². The van der Waals surface area contributed by atoms with Gasteiger partial charge in [0.15, 0.2) is 6.10 Å². The zero-order chi connectivity index (χ0) is 13.5. The van der Waals surface area contributed by atoms with Crippen LogP contribution < -0.4 is 5.32 Å². The molecule has 0 spiro atoms. The van der Waals surface area contributed by atoms with Crippen LogP contribution in [0.4, 0.5) is 0 Å². The number of hydrogen-bond acceptors (Lipinski definition) is 3. The Labute approximate surface area is 108 Å². The van der Waals surface area contributed by atoms with Crippen LogP contribution in [0.1, 0.15) is 25.5 Å². The molecule has 0 radical (unpaired) electrons. The number of carbonyl (C=O) groups excluding carboxylic acids is 1. The van der Waals surface area contributed by atoms with Gasteiger partial charge in [-0.3, -0.25) is 4.79 Å². The molecule has 1 amide bonds. The van der Waals surface area contributed by atoms with E-state index in [0.717, 1.165) is 5.56 Å². The molecule has 0 aliphatic carbocycles. The molecule has 0 aliphatic heterocycles. The Hall–Kier alpha value is -1.86. The number of nitrogens with one attached hydrogen (secondary N) is 1. The molecule has 1 rings (SSSR count). The summed E-state index contributed by atoms with van der Waals surface area (Å²) in [6.07, 6.45) is -0.680. The quantitative estimate of drug-likeness (QED) is 0.864. The van der Waals surface area contributed by atoms with Gasteiger partial charge in [0.1, 0.15) is 6.04 Å². The van der Waals surface area contributed by atoms with E-state index in [9.17, 15) is 4.79 Å². The second kappa shape index (κ2) is 6.77. The first-order chi connectivity index (χ1) is 8.60. The Morgan fingerprint density at radius 3 is 2.39 bits per heavy atom. The van der Waals surface area contributed by atoms with Crippen molar-refractivity contribution in [1.29, 1.82) is 5.26 Å². The number of rotatable bonds is 5. The average Bonchev–Trinajstić information content (AvgIpc) is 2.37. The minimum atomic E-state index is -0.680. The molecule has 0 aromatic heterocycles. The zero-order valence-corrected chi connectivity index (χ0v) is 10.9. The van der Waals surface area contributed by atoms with Gasteiger partial charge < -0.3 is 10.1 Å². The molecule has 0 heterocycles. The van der Waals surface area contributed by atoms with Gasteiger partial charge in [0.25, 0.3) is 5.91 Å². The molecule has 2 unspecified atom stereocenters. The summed E-state index contributed by atoms with van der Waals surface area (Å²) in [6, 6.07) is 10.8. The molecule has 18 heavy (non-hydrogen) atoms. The number of hydrogen-bond donors (Lipinski definition) is 1. The van der Waals surface area contributed by atoms with E-state index < -0.39 is 12.1 Å². The van der Waals surface area contributed by atoms with Crippen LogP contribution in [0.2, 0.25) is 0 Å². The molecular weight excluding hydrogens is 228 g/mol. The Kier molecular flexibility index (Phi) is 5.34. The van der Waals surface area contributed by atoms with E-state index in [2.05, 4.69) is 11.4 Å². The van der Waals surface area contributed by atoms with Crippen molar-refractivity contribution in [2.24, 2.45) is 5.92 Å². The summed E-state index contributed by atoms with van der Waals surface area (Å²) in [6.45, 7) is 3.77. The van der Waals surface area contributed by atoms with Crippen LogP contribution >= 0.6 is 0 Å². The highest BCUT2D eigenvalue weighted by Gasteiger charge is 2.23. The number of nitriles is 1. The summed E-state index contributed by atoms with van der Waals surface area (Å²) in [7, 11) is 1.48. The second-order valence-corrected chi connectivity index (χ2v) is 4.39. The fourth-order valence-corrected chi connectivity index (χ4v) is 1.60. The molecule has 0 aliphatic rings. The summed E-state index contributed by atoms with van der Waals surface area (Å²) in [5.41, 5.74) is 0.776. The predicted octanol–water partition coefficient (Wildman–Crippen LogP) is 2.04. The van der Waals surface area contributed by atoms with Crippen molar-refractivity contribution in [2.45, 2.75) is 26.0 Å². The number of nitrogens with zero attached hydrogens (tertiary/aromatic N) is 1. The molecule has 4 nitrogen and oxygen atoms in total. The normalized spacial score (nSPS) is 13.7. The third-order valence-corrected chi connectivity index (χ3v) is 2.68. The van der Waals surface area contributed by atoms with Crippen molar-refractivity contribution in [2.75, 3.05) is 7.11 Å². The number of methoxy groups -OCH3 is 1. The SMILES string of the molecule is COC(C(=O)NC(C#N)C(C)C)c1ccccc1. The molecule has 1 aromatic carbocycles. The largest absolute Gasteiger partial charge is 0.367 e. The fourth-order valence-electron chi connectivity index (χ4n) is 1.60. The molecule has 0 saturated carbocycles. The first-order valence-corrected chi connectivity index (χ1v) is 5.88. The molecule has 4 heteroatoms. The van der Waals surface area contributed by atoms with Crippen molar-refractivity contribution in [3.05, 3.63) is 35.9 Å². The molecular formula is C14H18N2O2. The Morgan fingerprint density at radius 2 is 1.94 bits per heavy atom. The van der Waals surface area contributed by atoms with E-state index in [1.807, 2.05) is 44.2 Å². The monoisotopic (exact) mass is 246 g/mol. The van der Waals surface area contributed by atoms with E-state index in [1.54, 1.807) is 0 Å². The summed E-state index contributed by atoms with van der Waals surface area (Å²) < 4.78 is 5.20. The highest BCUT2D eigenvalue weighted by molar-refractivity contribution is 5.82. The lowest BCUT2D eigenvalue weighted by Gasteiger charge is -2.20. The summed E-state index contributed by atoms with van der Waals surface area (Å²) in [4.78, 5) is 12.1. The van der Waals surface area contributed by atoms with Gasteiger partial charge in [-0.2, -0.15) is 5.26 Å². The van der Waals surface area contributed by atoms with Gasteiger partial charge in [-0.25, -0.2) is 0 Å². The third kappa shape index (κ3) is 3.57. The first-order valence-electron chi connectivity index (χ1n) is 5.88. The van der Waals surface area contributed by atoms with Gasteiger partial charge in [-0.1, -0.05) is 44.2 Å². The maximum atomic E-state index is 12.1. The summed E-state index contributed by atoms with van der Waals surface area (Å²) >= 11 is 0. The van der Waals surface area contributed by atoms with Crippen LogP contribution in [0.3, 0.4) is 0 Å². The Bertz CT molecular complexity index is 423. The van der Waals surface area contributed by atoms with Crippen LogP contribution in [0.5, 0.6) is 0 Å².